The van der Waals surface area contributed by atoms with Gasteiger partial charge in [0.25, 0.3) is 0 Å². The van der Waals surface area contributed by atoms with Crippen LogP contribution in [0.3, 0.4) is 0 Å². The smallest absolute Gasteiger partial charge is 0.397 e. The Morgan fingerprint density at radius 1 is 0.857 bits per heavy atom. The van der Waals surface area contributed by atoms with Crippen LogP contribution in [0, 0.1) is 6.92 Å². The van der Waals surface area contributed by atoms with E-state index in [-0.39, 0.29) is 17.0 Å². The average Bonchev–Trinajstić information content (AvgIpc) is 3.13. The number of aromatic nitrogens is 3. The topological polar surface area (TPSA) is 60.9 Å². The van der Waals surface area contributed by atoms with E-state index in [1.54, 1.807) is 49.4 Å². The molecule has 0 fully saturated rings. The highest BCUT2D eigenvalue weighted by Crippen LogP contribution is 2.41. The number of fused-ring (bicyclic) bond motifs is 3. The van der Waals surface area contributed by atoms with E-state index < -0.39 is 45.9 Å². The standard InChI is InChI=1S/C24H13F6N3O2/c1-12-7-9-13(10-8-12)16-11-15(23(25,26)27)17-18-19(21(34)35-22(32-18)24(28,29)30)33(20(17)31-16)14-5-3-2-4-6-14/h2-11H,1H3. The van der Waals surface area contributed by atoms with Crippen LogP contribution in [-0.2, 0) is 12.4 Å². The van der Waals surface area contributed by atoms with Crippen LogP contribution in [0.1, 0.15) is 17.0 Å². The first kappa shape index (κ1) is 22.6. The number of hydrogen-bond donors (Lipinski definition) is 0. The van der Waals surface area contributed by atoms with Crippen molar-refractivity contribution >= 4 is 22.1 Å². The second-order valence-electron chi connectivity index (χ2n) is 7.79. The van der Waals surface area contributed by atoms with Gasteiger partial charge in [0.15, 0.2) is 5.52 Å². The van der Waals surface area contributed by atoms with Crippen molar-refractivity contribution in [3.63, 3.8) is 0 Å². The van der Waals surface area contributed by atoms with E-state index >= 15 is 0 Å². The summed E-state index contributed by atoms with van der Waals surface area (Å²) in [7, 11) is 0. The summed E-state index contributed by atoms with van der Waals surface area (Å²) < 4.78 is 88.2. The Kier molecular flexibility index (Phi) is 4.97. The largest absolute Gasteiger partial charge is 0.469 e. The molecule has 2 aromatic carbocycles. The van der Waals surface area contributed by atoms with Gasteiger partial charge in [-0.1, -0.05) is 48.0 Å². The number of hydrogen-bond acceptors (Lipinski definition) is 4. The number of para-hydroxylation sites is 1. The van der Waals surface area contributed by atoms with E-state index in [2.05, 4.69) is 14.4 Å². The van der Waals surface area contributed by atoms with Crippen LogP contribution in [0.2, 0.25) is 0 Å². The van der Waals surface area contributed by atoms with Gasteiger partial charge >= 0.3 is 23.9 Å². The number of rotatable bonds is 2. The Morgan fingerprint density at radius 2 is 1.51 bits per heavy atom. The first-order valence-electron chi connectivity index (χ1n) is 10.1. The van der Waals surface area contributed by atoms with E-state index in [0.29, 0.717) is 5.56 Å². The fraction of sp³-hybridized carbons (Fsp3) is 0.125. The second kappa shape index (κ2) is 7.69. The number of benzene rings is 2. The van der Waals surface area contributed by atoms with E-state index in [0.717, 1.165) is 16.2 Å². The zero-order valence-electron chi connectivity index (χ0n) is 17.7. The van der Waals surface area contributed by atoms with E-state index in [9.17, 15) is 31.1 Å². The van der Waals surface area contributed by atoms with Crippen molar-refractivity contribution in [2.24, 2.45) is 0 Å². The van der Waals surface area contributed by atoms with Crippen molar-refractivity contribution in [2.75, 3.05) is 0 Å². The molecule has 35 heavy (non-hydrogen) atoms. The van der Waals surface area contributed by atoms with Crippen molar-refractivity contribution in [3.8, 4) is 16.9 Å². The molecule has 0 aliphatic rings. The average molecular weight is 489 g/mol. The molecule has 5 aromatic rings. The molecule has 0 radical (unpaired) electrons. The molecule has 11 heteroatoms. The molecule has 0 atom stereocenters. The summed E-state index contributed by atoms with van der Waals surface area (Å²) >= 11 is 0. The van der Waals surface area contributed by atoms with E-state index in [1.165, 1.54) is 12.1 Å². The van der Waals surface area contributed by atoms with Gasteiger partial charge in [-0.3, -0.25) is 4.57 Å². The molecule has 0 unspecified atom stereocenters. The Bertz CT molecular complexity index is 1630. The van der Waals surface area contributed by atoms with Gasteiger partial charge < -0.3 is 4.42 Å². The lowest BCUT2D eigenvalue weighted by atomic mass is 10.0. The molecule has 178 valence electrons. The molecule has 0 bridgehead atoms. The van der Waals surface area contributed by atoms with Gasteiger partial charge in [0.2, 0.25) is 0 Å². The van der Waals surface area contributed by atoms with E-state index in [1.807, 2.05) is 0 Å². The zero-order chi connectivity index (χ0) is 25.1. The Labute approximate surface area is 192 Å². The van der Waals surface area contributed by atoms with Crippen LogP contribution in [0.4, 0.5) is 26.3 Å². The van der Waals surface area contributed by atoms with Gasteiger partial charge in [-0.25, -0.2) is 14.8 Å². The molecule has 3 aromatic heterocycles. The fourth-order valence-corrected chi connectivity index (χ4v) is 3.86. The summed E-state index contributed by atoms with van der Waals surface area (Å²) in [6, 6.07) is 15.0. The highest BCUT2D eigenvalue weighted by molar-refractivity contribution is 6.07. The molecule has 0 N–H and O–H groups in total. The first-order chi connectivity index (χ1) is 16.4. The van der Waals surface area contributed by atoms with Crippen LogP contribution in [-0.4, -0.2) is 14.5 Å². The molecular formula is C24H13F6N3O2. The van der Waals surface area contributed by atoms with Crippen molar-refractivity contribution in [2.45, 2.75) is 19.3 Å². The lowest BCUT2D eigenvalue weighted by Crippen LogP contribution is -2.15. The molecule has 0 spiro atoms. The number of alkyl halides is 6. The van der Waals surface area contributed by atoms with Crippen LogP contribution < -0.4 is 5.63 Å². The van der Waals surface area contributed by atoms with Crippen LogP contribution in [0.15, 0.2) is 69.9 Å². The number of nitrogens with zero attached hydrogens (tertiary/aromatic N) is 3. The lowest BCUT2D eigenvalue weighted by molar-refractivity contribution is -0.158. The maximum Gasteiger partial charge on any atom is 0.469 e. The number of aryl methyl sites for hydroxylation is 1. The highest BCUT2D eigenvalue weighted by Gasteiger charge is 2.40. The van der Waals surface area contributed by atoms with Crippen molar-refractivity contribution in [1.82, 2.24) is 14.5 Å². The third-order valence-electron chi connectivity index (χ3n) is 5.40. The van der Waals surface area contributed by atoms with Gasteiger partial charge in [0, 0.05) is 11.3 Å². The molecule has 0 amide bonds. The third kappa shape index (κ3) is 3.82. The second-order valence-corrected chi connectivity index (χ2v) is 7.79. The lowest BCUT2D eigenvalue weighted by Gasteiger charge is -2.12. The Hall–Kier alpha value is -4.15. The highest BCUT2D eigenvalue weighted by atomic mass is 19.4. The summed E-state index contributed by atoms with van der Waals surface area (Å²) in [4.78, 5) is 20.4. The van der Waals surface area contributed by atoms with Crippen LogP contribution >= 0.6 is 0 Å². The van der Waals surface area contributed by atoms with Gasteiger partial charge in [-0.05, 0) is 25.1 Å². The predicted octanol–water partition coefficient (Wildman–Crippen LogP) is 6.54. The van der Waals surface area contributed by atoms with Crippen molar-refractivity contribution in [3.05, 3.63) is 88.1 Å². The predicted molar refractivity (Wildman–Crippen MR) is 115 cm³/mol. The van der Waals surface area contributed by atoms with E-state index in [4.69, 9.17) is 0 Å². The van der Waals surface area contributed by atoms with Gasteiger partial charge in [0.05, 0.1) is 16.6 Å². The van der Waals surface area contributed by atoms with Crippen molar-refractivity contribution in [1.29, 1.82) is 0 Å². The normalized spacial score (nSPS) is 12.5. The summed E-state index contributed by atoms with van der Waals surface area (Å²) in [6.45, 7) is 1.80. The Balaban J connectivity index is 2.02. The molecule has 0 saturated heterocycles. The number of halogens is 6. The summed E-state index contributed by atoms with van der Waals surface area (Å²) in [5, 5.41) is -0.731. The molecular weight excluding hydrogens is 476 g/mol. The van der Waals surface area contributed by atoms with Gasteiger partial charge in [-0.15, -0.1) is 0 Å². The third-order valence-corrected chi connectivity index (χ3v) is 5.40. The SMILES string of the molecule is Cc1ccc(-c2cc(C(F)(F)F)c3c4nc(C(F)(F)F)oc(=O)c4n(-c4ccccc4)c3n2)cc1. The summed E-state index contributed by atoms with van der Waals surface area (Å²) in [6.07, 6.45) is -10.2. The summed E-state index contributed by atoms with van der Waals surface area (Å²) in [5.74, 6) is -1.95. The van der Waals surface area contributed by atoms with Crippen LogP contribution in [0.25, 0.3) is 39.0 Å². The van der Waals surface area contributed by atoms with Gasteiger partial charge in [-0.2, -0.15) is 26.3 Å². The minimum absolute atomic E-state index is 0.0785. The van der Waals surface area contributed by atoms with Crippen molar-refractivity contribution < 1.29 is 30.8 Å². The maximum absolute atomic E-state index is 14.3. The molecule has 3 heterocycles. The fourth-order valence-electron chi connectivity index (χ4n) is 3.86. The maximum atomic E-state index is 14.3. The van der Waals surface area contributed by atoms with Gasteiger partial charge in [0.1, 0.15) is 11.2 Å². The molecule has 0 aliphatic heterocycles. The minimum atomic E-state index is -5.19. The monoisotopic (exact) mass is 489 g/mol. The molecule has 0 aliphatic carbocycles. The molecule has 5 rings (SSSR count). The van der Waals surface area contributed by atoms with Crippen LogP contribution in [0.5, 0.6) is 0 Å². The number of pyridine rings is 1. The first-order valence-corrected chi connectivity index (χ1v) is 10.1. The molecule has 0 saturated carbocycles. The molecule has 5 nitrogen and oxygen atoms in total. The summed E-state index contributed by atoms with van der Waals surface area (Å²) in [5.41, 5.74) is -3.20. The Morgan fingerprint density at radius 3 is 2.11 bits per heavy atom. The minimum Gasteiger partial charge on any atom is -0.397 e. The zero-order valence-corrected chi connectivity index (χ0v) is 17.7. The quantitative estimate of drug-likeness (QED) is 0.264.